The zero-order valence-corrected chi connectivity index (χ0v) is 14.6. The van der Waals surface area contributed by atoms with Crippen molar-refractivity contribution in [1.29, 1.82) is 0 Å². The van der Waals surface area contributed by atoms with Crippen molar-refractivity contribution >= 4 is 11.3 Å². The number of H-pyrrole nitrogens is 1. The number of hydrogen-bond donors (Lipinski definition) is 1. The molecule has 0 aromatic carbocycles. The molecule has 0 saturated carbocycles. The highest BCUT2D eigenvalue weighted by atomic mass is 32.1. The fourth-order valence-electron chi connectivity index (χ4n) is 2.66. The fraction of sp³-hybridized carbons (Fsp3) is 0.333. The molecule has 0 bridgehead atoms. The van der Waals surface area contributed by atoms with Gasteiger partial charge in [-0.15, -0.1) is 11.3 Å². The molecular weight excluding hydrogens is 304 g/mol. The molecule has 0 spiro atoms. The Morgan fingerprint density at radius 2 is 2.22 bits per heavy atom. The van der Waals surface area contributed by atoms with Crippen LogP contribution in [0.1, 0.15) is 23.7 Å². The lowest BCUT2D eigenvalue weighted by Crippen LogP contribution is -2.30. The quantitative estimate of drug-likeness (QED) is 0.747. The maximum Gasteiger partial charge on any atom is 0.0794 e. The van der Waals surface area contributed by atoms with E-state index in [-0.39, 0.29) is 0 Å². The van der Waals surface area contributed by atoms with E-state index >= 15 is 0 Å². The normalized spacial score (nSPS) is 12.7. The minimum Gasteiger partial charge on any atom is -0.299 e. The topological polar surface area (TPSA) is 44.8 Å². The largest absolute Gasteiger partial charge is 0.299 e. The second-order valence-corrected chi connectivity index (χ2v) is 6.99. The summed E-state index contributed by atoms with van der Waals surface area (Å²) in [6.07, 6.45) is 4.77. The van der Waals surface area contributed by atoms with Crippen LogP contribution in [0.5, 0.6) is 0 Å². The molecule has 0 amide bonds. The molecule has 1 atom stereocenters. The summed E-state index contributed by atoms with van der Waals surface area (Å²) in [6.45, 7) is 5.23. The molecule has 5 heteroatoms. The number of hydrogen-bond acceptors (Lipinski definition) is 4. The standard InChI is InChI=1S/C18H22N4S/c1-13-6-7-19-16(9-13)10-14(2)22(3)12-15-11-20-21-18(15)17-5-4-8-23-17/h4-9,11,14H,10,12H2,1-3H3,(H,20,21)/t14-/m1/s1. The number of likely N-dealkylation sites (N-methyl/N-ethyl adjacent to an activating group) is 1. The summed E-state index contributed by atoms with van der Waals surface area (Å²) in [5.74, 6) is 0. The average Bonchev–Trinajstić information content (AvgIpc) is 3.17. The summed E-state index contributed by atoms with van der Waals surface area (Å²) >= 11 is 1.73. The van der Waals surface area contributed by atoms with Crippen LogP contribution in [-0.2, 0) is 13.0 Å². The van der Waals surface area contributed by atoms with Crippen LogP contribution in [0.4, 0.5) is 0 Å². The molecule has 120 valence electrons. The average molecular weight is 326 g/mol. The third kappa shape index (κ3) is 3.86. The van der Waals surface area contributed by atoms with Crippen molar-refractivity contribution in [3.63, 3.8) is 0 Å². The van der Waals surface area contributed by atoms with Gasteiger partial charge in [-0.25, -0.2) is 0 Å². The Balaban J connectivity index is 1.67. The summed E-state index contributed by atoms with van der Waals surface area (Å²) in [5.41, 5.74) is 4.78. The van der Waals surface area contributed by atoms with Crippen LogP contribution in [0.3, 0.4) is 0 Å². The van der Waals surface area contributed by atoms with Crippen molar-refractivity contribution in [2.75, 3.05) is 7.05 Å². The number of rotatable bonds is 6. The van der Waals surface area contributed by atoms with Gasteiger partial charge in [-0.2, -0.15) is 5.10 Å². The molecule has 3 aromatic rings. The minimum atomic E-state index is 0.412. The molecule has 4 nitrogen and oxygen atoms in total. The number of aryl methyl sites for hydroxylation is 1. The van der Waals surface area contributed by atoms with Gasteiger partial charge < -0.3 is 0 Å². The van der Waals surface area contributed by atoms with Crippen LogP contribution < -0.4 is 0 Å². The molecule has 0 aliphatic heterocycles. The Hall–Kier alpha value is -1.98. The van der Waals surface area contributed by atoms with Crippen LogP contribution in [0.15, 0.2) is 42.0 Å². The summed E-state index contributed by atoms with van der Waals surface area (Å²) < 4.78 is 0. The summed E-state index contributed by atoms with van der Waals surface area (Å²) in [5, 5.41) is 9.45. The molecule has 3 rings (SSSR count). The van der Waals surface area contributed by atoms with Crippen LogP contribution in [0.25, 0.3) is 10.6 Å². The number of aromatic amines is 1. The van der Waals surface area contributed by atoms with Gasteiger partial charge >= 0.3 is 0 Å². The minimum absolute atomic E-state index is 0.412. The molecule has 0 aliphatic carbocycles. The number of thiophene rings is 1. The van der Waals surface area contributed by atoms with Crippen molar-refractivity contribution in [3.05, 3.63) is 58.9 Å². The highest BCUT2D eigenvalue weighted by Crippen LogP contribution is 2.26. The summed E-state index contributed by atoms with van der Waals surface area (Å²) in [4.78, 5) is 8.06. The predicted molar refractivity (Wildman–Crippen MR) is 95.5 cm³/mol. The van der Waals surface area contributed by atoms with Gasteiger partial charge in [0.15, 0.2) is 0 Å². The van der Waals surface area contributed by atoms with Crippen molar-refractivity contribution in [2.24, 2.45) is 0 Å². The highest BCUT2D eigenvalue weighted by molar-refractivity contribution is 7.13. The molecule has 3 aromatic heterocycles. The molecule has 0 fully saturated rings. The lowest BCUT2D eigenvalue weighted by Gasteiger charge is -2.24. The molecule has 23 heavy (non-hydrogen) atoms. The molecule has 1 N–H and O–H groups in total. The van der Waals surface area contributed by atoms with Crippen molar-refractivity contribution in [1.82, 2.24) is 20.1 Å². The smallest absolute Gasteiger partial charge is 0.0794 e. The van der Waals surface area contributed by atoms with Gasteiger partial charge in [0.25, 0.3) is 0 Å². The number of aromatic nitrogens is 3. The maximum absolute atomic E-state index is 4.47. The Morgan fingerprint density at radius 3 is 2.96 bits per heavy atom. The van der Waals surface area contributed by atoms with E-state index in [4.69, 9.17) is 0 Å². The van der Waals surface area contributed by atoms with E-state index in [1.165, 1.54) is 16.0 Å². The van der Waals surface area contributed by atoms with E-state index in [2.05, 4.69) is 64.6 Å². The monoisotopic (exact) mass is 326 g/mol. The van der Waals surface area contributed by atoms with E-state index < -0.39 is 0 Å². The first-order chi connectivity index (χ1) is 11.1. The first kappa shape index (κ1) is 15.9. The molecule has 3 heterocycles. The molecule has 0 saturated heterocycles. The van der Waals surface area contributed by atoms with Gasteiger partial charge in [0.1, 0.15) is 0 Å². The lowest BCUT2D eigenvalue weighted by molar-refractivity contribution is 0.247. The zero-order chi connectivity index (χ0) is 16.2. The first-order valence-electron chi connectivity index (χ1n) is 7.81. The number of nitrogens with one attached hydrogen (secondary N) is 1. The Labute approximate surface area is 141 Å². The Morgan fingerprint density at radius 1 is 1.35 bits per heavy atom. The highest BCUT2D eigenvalue weighted by Gasteiger charge is 2.15. The van der Waals surface area contributed by atoms with Gasteiger partial charge in [0, 0.05) is 36.5 Å². The van der Waals surface area contributed by atoms with Crippen LogP contribution >= 0.6 is 11.3 Å². The van der Waals surface area contributed by atoms with Gasteiger partial charge in [-0.1, -0.05) is 6.07 Å². The third-order valence-corrected chi connectivity index (χ3v) is 5.02. The van der Waals surface area contributed by atoms with Gasteiger partial charge in [-0.3, -0.25) is 15.0 Å². The third-order valence-electron chi connectivity index (χ3n) is 4.13. The van der Waals surface area contributed by atoms with E-state index in [0.717, 1.165) is 24.4 Å². The molecular formula is C18H22N4S. The van der Waals surface area contributed by atoms with Gasteiger partial charge in [0.2, 0.25) is 0 Å². The van der Waals surface area contributed by atoms with E-state index in [1.54, 1.807) is 11.3 Å². The molecule has 0 radical (unpaired) electrons. The second kappa shape index (κ2) is 7.06. The summed E-state index contributed by atoms with van der Waals surface area (Å²) in [7, 11) is 2.16. The number of pyridine rings is 1. The van der Waals surface area contributed by atoms with E-state index in [1.807, 2.05) is 18.5 Å². The van der Waals surface area contributed by atoms with Crippen LogP contribution in [0, 0.1) is 6.92 Å². The van der Waals surface area contributed by atoms with Crippen molar-refractivity contribution in [2.45, 2.75) is 32.9 Å². The molecule has 0 aliphatic rings. The SMILES string of the molecule is Cc1ccnc(C[C@@H](C)N(C)Cc2cn[nH]c2-c2cccs2)c1. The van der Waals surface area contributed by atoms with Crippen LogP contribution in [0.2, 0.25) is 0 Å². The van der Waals surface area contributed by atoms with Gasteiger partial charge in [-0.05, 0) is 50.0 Å². The second-order valence-electron chi connectivity index (χ2n) is 6.04. The molecule has 0 unspecified atom stereocenters. The Bertz CT molecular complexity index is 748. The lowest BCUT2D eigenvalue weighted by atomic mass is 10.1. The number of nitrogens with zero attached hydrogens (tertiary/aromatic N) is 3. The van der Waals surface area contributed by atoms with Crippen molar-refractivity contribution in [3.8, 4) is 10.6 Å². The predicted octanol–water partition coefficient (Wildman–Crippen LogP) is 3.90. The van der Waals surface area contributed by atoms with E-state index in [9.17, 15) is 0 Å². The van der Waals surface area contributed by atoms with E-state index in [0.29, 0.717) is 6.04 Å². The zero-order valence-electron chi connectivity index (χ0n) is 13.8. The fourth-order valence-corrected chi connectivity index (χ4v) is 3.41. The van der Waals surface area contributed by atoms with Crippen molar-refractivity contribution < 1.29 is 0 Å². The first-order valence-corrected chi connectivity index (χ1v) is 8.69. The summed E-state index contributed by atoms with van der Waals surface area (Å²) in [6, 6.07) is 8.81. The Kier molecular flexibility index (Phi) is 4.88. The van der Waals surface area contributed by atoms with Gasteiger partial charge in [0.05, 0.1) is 16.8 Å². The van der Waals surface area contributed by atoms with Crippen LogP contribution in [-0.4, -0.2) is 33.2 Å². The maximum atomic E-state index is 4.47.